The van der Waals surface area contributed by atoms with E-state index in [1.165, 1.54) is 70.6 Å². The average molecular weight is 413 g/mol. The molecule has 1 aromatic rings. The number of carbonyl (C=O) groups is 1. The minimum Gasteiger partial charge on any atom is -0.462 e. The summed E-state index contributed by atoms with van der Waals surface area (Å²) in [6.45, 7) is 15.4. The number of carbonyl (C=O) groups excluding carboxylic acids is 1. The maximum Gasteiger partial charge on any atom is 0.333 e. The fourth-order valence-corrected chi connectivity index (χ4v) is 3.11. The molecule has 0 aromatic heterocycles. The fourth-order valence-electron chi connectivity index (χ4n) is 3.11. The summed E-state index contributed by atoms with van der Waals surface area (Å²) in [4.78, 5) is 11.1. The van der Waals surface area contributed by atoms with Crippen LogP contribution >= 0.6 is 0 Å². The number of ether oxygens (including phenoxy) is 1. The highest BCUT2D eigenvalue weighted by Crippen LogP contribution is 2.12. The van der Waals surface area contributed by atoms with Crippen LogP contribution in [0.25, 0.3) is 12.2 Å². The van der Waals surface area contributed by atoms with Crippen molar-refractivity contribution in [2.75, 3.05) is 6.61 Å². The Morgan fingerprint density at radius 2 is 1.20 bits per heavy atom. The third-order valence-electron chi connectivity index (χ3n) is 5.02. The molecule has 0 saturated carbocycles. The van der Waals surface area contributed by atoms with Gasteiger partial charge >= 0.3 is 5.97 Å². The number of esters is 1. The predicted molar refractivity (Wildman–Crippen MR) is 133 cm³/mol. The Morgan fingerprint density at radius 3 is 1.57 bits per heavy atom. The Balaban J connectivity index is 0.000000696. The molecular formula is C28H44O2. The molecule has 0 aliphatic carbocycles. The fraction of sp³-hybridized carbons (Fsp3) is 0.536. The second-order valence-electron chi connectivity index (χ2n) is 7.84. The lowest BCUT2D eigenvalue weighted by molar-refractivity contribution is -0.139. The van der Waals surface area contributed by atoms with E-state index in [9.17, 15) is 4.79 Å². The van der Waals surface area contributed by atoms with Crippen LogP contribution in [0.15, 0.2) is 49.6 Å². The summed E-state index contributed by atoms with van der Waals surface area (Å²) in [6, 6.07) is 8.02. The summed E-state index contributed by atoms with van der Waals surface area (Å²) in [5, 5.41) is 0. The molecule has 0 aliphatic rings. The summed E-state index contributed by atoms with van der Waals surface area (Å²) >= 11 is 0. The van der Waals surface area contributed by atoms with Crippen molar-refractivity contribution in [1.29, 1.82) is 0 Å². The first-order valence-corrected chi connectivity index (χ1v) is 11.7. The van der Waals surface area contributed by atoms with Crippen LogP contribution < -0.4 is 0 Å². The quantitative estimate of drug-likeness (QED) is 0.154. The largest absolute Gasteiger partial charge is 0.462 e. The van der Waals surface area contributed by atoms with Gasteiger partial charge in [0.05, 0.1) is 6.61 Å². The molecule has 30 heavy (non-hydrogen) atoms. The predicted octanol–water partition coefficient (Wildman–Crippen LogP) is 8.78. The van der Waals surface area contributed by atoms with E-state index in [4.69, 9.17) is 4.74 Å². The monoisotopic (exact) mass is 412 g/mol. The van der Waals surface area contributed by atoms with Gasteiger partial charge in [-0.3, -0.25) is 0 Å². The van der Waals surface area contributed by atoms with Crippen LogP contribution in [0.4, 0.5) is 0 Å². The van der Waals surface area contributed by atoms with E-state index in [1.807, 2.05) is 36.4 Å². The van der Waals surface area contributed by atoms with Crippen molar-refractivity contribution in [1.82, 2.24) is 0 Å². The zero-order valence-corrected chi connectivity index (χ0v) is 19.6. The van der Waals surface area contributed by atoms with Gasteiger partial charge in [-0.2, -0.15) is 0 Å². The van der Waals surface area contributed by atoms with Gasteiger partial charge in [-0.05, 0) is 24.5 Å². The lowest BCUT2D eigenvalue weighted by atomic mass is 10.1. The SMILES string of the molecule is C=C(C)C(=O)OCCCCCCCCCCCCCC.C=Cc1ccccc1C=C. The third-order valence-corrected chi connectivity index (χ3v) is 5.02. The molecule has 168 valence electrons. The number of unbranched alkanes of at least 4 members (excludes halogenated alkanes) is 11. The topological polar surface area (TPSA) is 26.3 Å². The summed E-state index contributed by atoms with van der Waals surface area (Å²) < 4.78 is 5.06. The van der Waals surface area contributed by atoms with E-state index >= 15 is 0 Å². The summed E-state index contributed by atoms with van der Waals surface area (Å²) in [6.07, 6.45) is 19.5. The molecule has 2 nitrogen and oxygen atoms in total. The Bertz CT molecular complexity index is 573. The van der Waals surface area contributed by atoms with Crippen LogP contribution in [0.3, 0.4) is 0 Å². The Hall–Kier alpha value is -2.09. The molecule has 2 heteroatoms. The van der Waals surface area contributed by atoms with E-state index in [1.54, 1.807) is 6.92 Å². The van der Waals surface area contributed by atoms with Crippen LogP contribution in [-0.4, -0.2) is 12.6 Å². The first kappa shape index (κ1) is 27.9. The molecule has 1 aromatic carbocycles. The van der Waals surface area contributed by atoms with Gasteiger partial charge in [0.15, 0.2) is 0 Å². The van der Waals surface area contributed by atoms with E-state index in [0.717, 1.165) is 17.5 Å². The van der Waals surface area contributed by atoms with Crippen LogP contribution in [0.2, 0.25) is 0 Å². The maximum absolute atomic E-state index is 11.1. The number of hydrogen-bond donors (Lipinski definition) is 0. The van der Waals surface area contributed by atoms with Crippen molar-refractivity contribution >= 4 is 18.1 Å². The summed E-state index contributed by atoms with van der Waals surface area (Å²) in [7, 11) is 0. The second-order valence-corrected chi connectivity index (χ2v) is 7.84. The number of rotatable bonds is 16. The highest BCUT2D eigenvalue weighted by Gasteiger charge is 2.01. The van der Waals surface area contributed by atoms with Gasteiger partial charge in [0.25, 0.3) is 0 Å². The van der Waals surface area contributed by atoms with Gasteiger partial charge < -0.3 is 4.74 Å². The second kappa shape index (κ2) is 20.2. The van der Waals surface area contributed by atoms with Gasteiger partial charge in [-0.15, -0.1) is 0 Å². The zero-order chi connectivity index (χ0) is 22.5. The Labute approximate surface area is 186 Å². The average Bonchev–Trinajstić information content (AvgIpc) is 2.77. The van der Waals surface area contributed by atoms with E-state index in [-0.39, 0.29) is 5.97 Å². The molecule has 0 amide bonds. The van der Waals surface area contributed by atoms with Gasteiger partial charge in [0.2, 0.25) is 0 Å². The number of hydrogen-bond acceptors (Lipinski definition) is 2. The van der Waals surface area contributed by atoms with Gasteiger partial charge in [-0.25, -0.2) is 4.79 Å². The van der Waals surface area contributed by atoms with Crippen molar-refractivity contribution < 1.29 is 9.53 Å². The van der Waals surface area contributed by atoms with Crippen LogP contribution in [-0.2, 0) is 9.53 Å². The van der Waals surface area contributed by atoms with Gasteiger partial charge in [0.1, 0.15) is 0 Å². The minimum atomic E-state index is -0.256. The van der Waals surface area contributed by atoms with Crippen molar-refractivity contribution in [2.45, 2.75) is 90.9 Å². The first-order valence-electron chi connectivity index (χ1n) is 11.7. The molecule has 0 aliphatic heterocycles. The smallest absolute Gasteiger partial charge is 0.333 e. The Morgan fingerprint density at radius 1 is 0.800 bits per heavy atom. The van der Waals surface area contributed by atoms with Crippen molar-refractivity contribution in [3.63, 3.8) is 0 Å². The molecule has 0 N–H and O–H groups in total. The van der Waals surface area contributed by atoms with Gasteiger partial charge in [0, 0.05) is 5.57 Å². The van der Waals surface area contributed by atoms with Crippen molar-refractivity contribution in [2.24, 2.45) is 0 Å². The van der Waals surface area contributed by atoms with E-state index in [0.29, 0.717) is 12.2 Å². The van der Waals surface area contributed by atoms with E-state index in [2.05, 4.69) is 26.7 Å². The molecule has 0 heterocycles. The minimum absolute atomic E-state index is 0.256. The molecule has 0 fully saturated rings. The highest BCUT2D eigenvalue weighted by atomic mass is 16.5. The molecule has 0 unspecified atom stereocenters. The summed E-state index contributed by atoms with van der Waals surface area (Å²) in [5.74, 6) is -0.256. The van der Waals surface area contributed by atoms with Crippen molar-refractivity contribution in [3.05, 3.63) is 60.7 Å². The lowest BCUT2D eigenvalue weighted by Crippen LogP contribution is -2.05. The molecule has 0 bridgehead atoms. The van der Waals surface area contributed by atoms with Gasteiger partial charge in [-0.1, -0.05) is 134 Å². The molecular weight excluding hydrogens is 368 g/mol. The molecule has 0 spiro atoms. The lowest BCUT2D eigenvalue weighted by Gasteiger charge is -2.04. The standard InChI is InChI=1S/C18H34O2.C10H10/c1-4-5-6-7-8-9-10-11-12-13-14-15-16-20-18(19)17(2)3;1-3-9-7-5-6-8-10(9)4-2/h2,4-16H2,1,3H3;3-8H,1-2H2. The highest BCUT2D eigenvalue weighted by molar-refractivity contribution is 5.86. The van der Waals surface area contributed by atoms with E-state index < -0.39 is 0 Å². The molecule has 0 atom stereocenters. The summed E-state index contributed by atoms with van der Waals surface area (Å²) in [5.41, 5.74) is 2.76. The zero-order valence-electron chi connectivity index (χ0n) is 19.6. The van der Waals surface area contributed by atoms with Crippen LogP contribution in [0, 0.1) is 0 Å². The first-order chi connectivity index (χ1) is 14.6. The molecule has 0 radical (unpaired) electrons. The normalized spacial score (nSPS) is 9.93. The third kappa shape index (κ3) is 15.8. The Kier molecular flexibility index (Phi) is 18.8. The number of benzene rings is 1. The molecule has 0 saturated heterocycles. The maximum atomic E-state index is 11.1. The van der Waals surface area contributed by atoms with Crippen LogP contribution in [0.5, 0.6) is 0 Å². The van der Waals surface area contributed by atoms with Crippen LogP contribution in [0.1, 0.15) is 102 Å². The molecule has 1 rings (SSSR count). The van der Waals surface area contributed by atoms with Crippen molar-refractivity contribution in [3.8, 4) is 0 Å².